The van der Waals surface area contributed by atoms with Gasteiger partial charge >= 0.3 is 0 Å². The largest absolute Gasteiger partial charge is 0.508 e. The first kappa shape index (κ1) is 25.2. The van der Waals surface area contributed by atoms with E-state index in [0.717, 1.165) is 6.07 Å². The highest BCUT2D eigenvalue weighted by atomic mass is 16.5. The summed E-state index contributed by atoms with van der Waals surface area (Å²) < 4.78 is 10.2. The maximum Gasteiger partial charge on any atom is 0.227 e. The number of rotatable bonds is 12. The topological polar surface area (TPSA) is 117 Å². The van der Waals surface area contributed by atoms with Crippen LogP contribution in [0.15, 0.2) is 30.3 Å². The zero-order valence-corrected chi connectivity index (χ0v) is 18.8. The number of nitrogens with zero attached hydrogens (tertiary/aromatic N) is 1. The Morgan fingerprint density at radius 2 is 1.69 bits per heavy atom. The normalized spacial score (nSPS) is 10.8. The van der Waals surface area contributed by atoms with Crippen molar-refractivity contribution in [2.75, 3.05) is 40.5 Å². The van der Waals surface area contributed by atoms with Crippen LogP contribution in [0.25, 0.3) is 0 Å². The van der Waals surface area contributed by atoms with Gasteiger partial charge in [0, 0.05) is 38.4 Å². The minimum absolute atomic E-state index is 0.0148. The van der Waals surface area contributed by atoms with Crippen LogP contribution in [0.3, 0.4) is 0 Å². The van der Waals surface area contributed by atoms with Crippen molar-refractivity contribution in [2.24, 2.45) is 0 Å². The van der Waals surface area contributed by atoms with Crippen LogP contribution >= 0.6 is 0 Å². The summed E-state index contributed by atoms with van der Waals surface area (Å²) in [7, 11) is 3.09. The Labute approximate surface area is 188 Å². The Morgan fingerprint density at radius 1 is 1.00 bits per heavy atom. The van der Waals surface area contributed by atoms with Gasteiger partial charge in [-0.25, -0.2) is 0 Å². The van der Waals surface area contributed by atoms with E-state index < -0.39 is 11.5 Å². The van der Waals surface area contributed by atoms with E-state index in [-0.39, 0.29) is 42.4 Å². The molecule has 0 saturated carbocycles. The second-order valence-corrected chi connectivity index (χ2v) is 7.29. The predicted octanol–water partition coefficient (Wildman–Crippen LogP) is 2.30. The van der Waals surface area contributed by atoms with Crippen LogP contribution in [-0.2, 0) is 22.4 Å². The highest BCUT2D eigenvalue weighted by Gasteiger charge is 2.26. The average Bonchev–Trinajstić information content (AvgIpc) is 2.78. The number of methoxy groups -OCH3 is 2. The predicted molar refractivity (Wildman–Crippen MR) is 119 cm³/mol. The minimum atomic E-state index is -0.462. The number of carbonyl (C=O) groups excluding carboxylic acids is 2. The molecule has 0 fully saturated rings. The van der Waals surface area contributed by atoms with E-state index in [1.165, 1.54) is 12.0 Å². The van der Waals surface area contributed by atoms with Crippen molar-refractivity contribution in [1.82, 2.24) is 4.90 Å². The lowest BCUT2D eigenvalue weighted by atomic mass is 9.89. The van der Waals surface area contributed by atoms with Gasteiger partial charge in [0.15, 0.2) is 5.78 Å². The van der Waals surface area contributed by atoms with Gasteiger partial charge in [0.05, 0.1) is 25.7 Å². The summed E-state index contributed by atoms with van der Waals surface area (Å²) in [5.41, 5.74) is 1.01. The molecule has 32 heavy (non-hydrogen) atoms. The van der Waals surface area contributed by atoms with Crippen LogP contribution in [-0.4, -0.2) is 72.4 Å². The van der Waals surface area contributed by atoms with Crippen LogP contribution in [0.4, 0.5) is 0 Å². The zero-order chi connectivity index (χ0) is 23.7. The molecule has 0 aliphatic heterocycles. The molecule has 0 aliphatic rings. The van der Waals surface area contributed by atoms with Crippen LogP contribution in [0.1, 0.15) is 40.4 Å². The van der Waals surface area contributed by atoms with E-state index in [1.807, 2.05) is 0 Å². The highest BCUT2D eigenvalue weighted by Crippen LogP contribution is 2.35. The lowest BCUT2D eigenvalue weighted by Gasteiger charge is -2.24. The third-order valence-electron chi connectivity index (χ3n) is 5.26. The number of phenolic OH excluding ortho intramolecular Hbond substituents is 2. The molecule has 8 heteroatoms. The van der Waals surface area contributed by atoms with Crippen LogP contribution < -0.4 is 4.74 Å². The lowest BCUT2D eigenvalue weighted by Crippen LogP contribution is -2.36. The number of ether oxygens (including phenoxy) is 2. The van der Waals surface area contributed by atoms with E-state index in [2.05, 4.69) is 0 Å². The Hall–Kier alpha value is -3.10. The maximum atomic E-state index is 13.3. The third-order valence-corrected chi connectivity index (χ3v) is 5.26. The first-order valence-electron chi connectivity index (χ1n) is 10.5. The molecule has 0 saturated heterocycles. The van der Waals surface area contributed by atoms with Gasteiger partial charge in [-0.3, -0.25) is 9.59 Å². The van der Waals surface area contributed by atoms with Gasteiger partial charge in [0.25, 0.3) is 0 Å². The summed E-state index contributed by atoms with van der Waals surface area (Å²) >= 11 is 0. The molecule has 0 spiro atoms. The Morgan fingerprint density at radius 3 is 2.25 bits per heavy atom. The molecular weight excluding hydrogens is 414 g/mol. The average molecular weight is 446 g/mol. The fourth-order valence-corrected chi connectivity index (χ4v) is 3.62. The molecule has 174 valence electrons. The highest BCUT2D eigenvalue weighted by molar-refractivity contribution is 6.12. The van der Waals surface area contributed by atoms with Gasteiger partial charge in [0.2, 0.25) is 5.91 Å². The van der Waals surface area contributed by atoms with Gasteiger partial charge in [-0.1, -0.05) is 6.92 Å². The molecule has 2 aromatic rings. The monoisotopic (exact) mass is 445 g/mol. The summed E-state index contributed by atoms with van der Waals surface area (Å²) in [6.45, 7) is 2.56. The van der Waals surface area contributed by atoms with Crippen LogP contribution in [0.5, 0.6) is 17.2 Å². The fraction of sp³-hybridized carbons (Fsp3) is 0.417. The molecule has 0 radical (unpaired) electrons. The van der Waals surface area contributed by atoms with Crippen molar-refractivity contribution >= 4 is 11.7 Å². The van der Waals surface area contributed by atoms with Gasteiger partial charge in [-0.15, -0.1) is 0 Å². The van der Waals surface area contributed by atoms with Gasteiger partial charge in [-0.2, -0.15) is 0 Å². The molecule has 2 rings (SSSR count). The van der Waals surface area contributed by atoms with Crippen molar-refractivity contribution in [3.8, 4) is 17.2 Å². The maximum absolute atomic E-state index is 13.3. The Kier molecular flexibility index (Phi) is 9.49. The standard InChI is InChI=1S/C24H31NO7/c1-4-18-19(14-22(29)25(11-12-26)10-5-13-31-2)23(21(28)15-20(18)27)24(30)16-6-8-17(32-3)9-7-16/h6-9,15,26-28H,4-5,10-14H2,1-3H3. The Balaban J connectivity index is 2.47. The number of phenols is 2. The van der Waals surface area contributed by atoms with Crippen LogP contribution in [0, 0.1) is 0 Å². The molecule has 0 aliphatic carbocycles. The molecule has 0 bridgehead atoms. The first-order valence-corrected chi connectivity index (χ1v) is 10.5. The number of ketones is 1. The zero-order valence-electron chi connectivity index (χ0n) is 18.8. The molecule has 0 atom stereocenters. The summed E-state index contributed by atoms with van der Waals surface area (Å²) in [5, 5.41) is 30.3. The second-order valence-electron chi connectivity index (χ2n) is 7.29. The van der Waals surface area contributed by atoms with Gasteiger partial charge in [-0.05, 0) is 48.2 Å². The molecule has 3 N–H and O–H groups in total. The molecule has 0 heterocycles. The van der Waals surface area contributed by atoms with Crippen LogP contribution in [0.2, 0.25) is 0 Å². The number of hydrogen-bond acceptors (Lipinski definition) is 7. The van der Waals surface area contributed by atoms with Crippen molar-refractivity contribution in [3.63, 3.8) is 0 Å². The fourth-order valence-electron chi connectivity index (χ4n) is 3.62. The van der Waals surface area contributed by atoms with Gasteiger partial charge in [0.1, 0.15) is 17.2 Å². The van der Waals surface area contributed by atoms with E-state index in [1.54, 1.807) is 38.3 Å². The SMILES string of the molecule is CCc1c(O)cc(O)c(C(=O)c2ccc(OC)cc2)c1CC(=O)N(CCO)CCCOC. The number of carbonyl (C=O) groups is 2. The summed E-state index contributed by atoms with van der Waals surface area (Å²) in [5.74, 6) is -0.769. The summed E-state index contributed by atoms with van der Waals surface area (Å²) in [6, 6.07) is 7.55. The van der Waals surface area contributed by atoms with Crippen molar-refractivity contribution in [3.05, 3.63) is 52.6 Å². The van der Waals surface area contributed by atoms with E-state index >= 15 is 0 Å². The summed E-state index contributed by atoms with van der Waals surface area (Å²) in [4.78, 5) is 27.8. The smallest absolute Gasteiger partial charge is 0.227 e. The molecule has 1 amide bonds. The summed E-state index contributed by atoms with van der Waals surface area (Å²) in [6.07, 6.45) is 0.752. The second kappa shape index (κ2) is 12.1. The number of aliphatic hydroxyl groups excluding tert-OH is 1. The van der Waals surface area contributed by atoms with Crippen molar-refractivity contribution < 1.29 is 34.4 Å². The number of aliphatic hydroxyl groups is 1. The van der Waals surface area contributed by atoms with E-state index in [4.69, 9.17) is 9.47 Å². The number of hydrogen-bond donors (Lipinski definition) is 3. The number of aromatic hydroxyl groups is 2. The van der Waals surface area contributed by atoms with Crippen molar-refractivity contribution in [1.29, 1.82) is 0 Å². The number of benzene rings is 2. The molecule has 0 aromatic heterocycles. The van der Waals surface area contributed by atoms with Gasteiger partial charge < -0.3 is 29.7 Å². The minimum Gasteiger partial charge on any atom is -0.508 e. The molecule has 0 unspecified atom stereocenters. The third kappa shape index (κ3) is 5.99. The molecule has 2 aromatic carbocycles. The first-order chi connectivity index (χ1) is 15.4. The molecular formula is C24H31NO7. The van der Waals surface area contributed by atoms with Crippen molar-refractivity contribution in [2.45, 2.75) is 26.2 Å². The molecule has 8 nitrogen and oxygen atoms in total. The van der Waals surface area contributed by atoms with E-state index in [0.29, 0.717) is 42.9 Å². The van der Waals surface area contributed by atoms with E-state index in [9.17, 15) is 24.9 Å². The number of amides is 1. The lowest BCUT2D eigenvalue weighted by molar-refractivity contribution is -0.131. The quantitative estimate of drug-likeness (QED) is 0.339. The Bertz CT molecular complexity index is 925.